The van der Waals surface area contributed by atoms with Crippen molar-refractivity contribution in [1.82, 2.24) is 15.2 Å². The zero-order chi connectivity index (χ0) is 34.3. The van der Waals surface area contributed by atoms with Crippen molar-refractivity contribution in [2.75, 3.05) is 13.7 Å². The Morgan fingerprint density at radius 3 is 2.29 bits per heavy atom. The molecule has 2 unspecified atom stereocenters. The van der Waals surface area contributed by atoms with E-state index in [1.165, 1.54) is 62.6 Å². The van der Waals surface area contributed by atoms with Gasteiger partial charge in [0.05, 0.1) is 46.8 Å². The zero-order valence-electron chi connectivity index (χ0n) is 25.6. The number of methoxy groups -OCH3 is 1. The Labute approximate surface area is 277 Å². The third kappa shape index (κ3) is 6.57. The van der Waals surface area contributed by atoms with Gasteiger partial charge in [0.15, 0.2) is 11.5 Å². The van der Waals surface area contributed by atoms with Crippen LogP contribution in [0.15, 0.2) is 72.8 Å². The average Bonchev–Trinajstić information content (AvgIpc) is 3.85. The molecule has 0 spiro atoms. The van der Waals surface area contributed by atoms with Crippen LogP contribution in [-0.2, 0) is 0 Å². The number of carbonyl (C=O) groups excluding carboxylic acids is 3. The van der Waals surface area contributed by atoms with E-state index in [0.29, 0.717) is 5.75 Å². The number of pyridine rings is 1. The number of fused-ring (bicyclic) bond motifs is 1. The van der Waals surface area contributed by atoms with E-state index in [-0.39, 0.29) is 50.4 Å². The summed E-state index contributed by atoms with van der Waals surface area (Å²) in [6.45, 7) is 0.614. The molecule has 3 aromatic carbocycles. The topological polar surface area (TPSA) is 97.8 Å². The predicted octanol–water partition coefficient (Wildman–Crippen LogP) is 7.52. The van der Waals surface area contributed by atoms with Gasteiger partial charge in [0.2, 0.25) is 0 Å². The molecule has 6 rings (SSSR count). The summed E-state index contributed by atoms with van der Waals surface area (Å²) in [6, 6.07) is 15.7. The maximum absolute atomic E-state index is 14.7. The molecular formula is C35H28ClF4N3O5. The normalized spacial score (nSPS) is 15.6. The van der Waals surface area contributed by atoms with Crippen LogP contribution in [0, 0.1) is 5.82 Å². The molecule has 8 nitrogen and oxygen atoms in total. The largest absolute Gasteiger partial charge is 0.493 e. The summed E-state index contributed by atoms with van der Waals surface area (Å²) < 4.78 is 69.3. The van der Waals surface area contributed by atoms with Gasteiger partial charge in [-0.1, -0.05) is 23.7 Å². The molecule has 4 aromatic rings. The molecule has 13 heteroatoms. The summed E-state index contributed by atoms with van der Waals surface area (Å²) in [6.07, 6.45) is -3.04. The molecule has 2 heterocycles. The van der Waals surface area contributed by atoms with Crippen molar-refractivity contribution in [3.05, 3.63) is 112 Å². The lowest BCUT2D eigenvalue weighted by Crippen LogP contribution is -2.36. The Bertz CT molecular complexity index is 1900. The number of nitrogens with zero attached hydrogens (tertiary/aromatic N) is 2. The molecule has 48 heavy (non-hydrogen) atoms. The fourth-order valence-electron chi connectivity index (χ4n) is 5.46. The summed E-state index contributed by atoms with van der Waals surface area (Å²) in [4.78, 5) is 44.8. The Balaban J connectivity index is 1.34. The number of halogens is 5. The van der Waals surface area contributed by atoms with Crippen LogP contribution in [0.3, 0.4) is 0 Å². The van der Waals surface area contributed by atoms with Crippen molar-refractivity contribution >= 4 is 29.3 Å². The second-order valence-electron chi connectivity index (χ2n) is 11.5. The number of hydrogen-bond donors (Lipinski definition) is 1. The molecule has 0 bridgehead atoms. The molecule has 2 atom stereocenters. The maximum atomic E-state index is 14.7. The van der Waals surface area contributed by atoms with Gasteiger partial charge in [0.1, 0.15) is 11.7 Å². The van der Waals surface area contributed by atoms with Crippen LogP contribution in [0.25, 0.3) is 11.3 Å². The number of rotatable bonds is 10. The molecule has 1 N–H and O–H groups in total. The van der Waals surface area contributed by atoms with E-state index in [9.17, 15) is 31.9 Å². The molecule has 1 fully saturated rings. The van der Waals surface area contributed by atoms with Gasteiger partial charge in [-0.05, 0) is 86.0 Å². The fraction of sp³-hybridized carbons (Fsp3) is 0.257. The lowest BCUT2D eigenvalue weighted by Gasteiger charge is -2.26. The minimum atomic E-state index is -4.89. The average molecular weight is 682 g/mol. The highest BCUT2D eigenvalue weighted by Gasteiger charge is 2.43. The highest BCUT2D eigenvalue weighted by atomic mass is 35.5. The van der Waals surface area contributed by atoms with Crippen LogP contribution in [-0.4, -0.2) is 53.5 Å². The van der Waals surface area contributed by atoms with Gasteiger partial charge in [-0.2, -0.15) is 13.2 Å². The van der Waals surface area contributed by atoms with Crippen molar-refractivity contribution < 1.29 is 41.4 Å². The number of imide groups is 1. The van der Waals surface area contributed by atoms with E-state index in [1.54, 1.807) is 12.1 Å². The van der Waals surface area contributed by atoms with E-state index in [0.717, 1.165) is 29.9 Å². The standard InChI is InChI=1S/C35H28ClF4N3O5/c1-18(43-33(45)23-5-3-4-6-24(23)34(43)46)21-14-28(19-7-11-27(37)26(36)13-19)42-29(15-21)25(35(38,39)40)17-41-32(44)20-8-12-30(31(16-20)47-2)48-22-9-10-22/h3-8,11-16,18,22,25H,9-10,17H2,1-2H3,(H,41,44). The first-order chi connectivity index (χ1) is 22.8. The quantitative estimate of drug-likeness (QED) is 0.137. The molecule has 1 aliphatic carbocycles. The minimum absolute atomic E-state index is 0.00979. The van der Waals surface area contributed by atoms with Gasteiger partial charge >= 0.3 is 6.18 Å². The second kappa shape index (κ2) is 12.9. The highest BCUT2D eigenvalue weighted by molar-refractivity contribution is 6.31. The third-order valence-electron chi connectivity index (χ3n) is 8.24. The van der Waals surface area contributed by atoms with E-state index in [1.807, 2.05) is 0 Å². The fourth-order valence-corrected chi connectivity index (χ4v) is 5.64. The Morgan fingerprint density at radius 1 is 1.00 bits per heavy atom. The minimum Gasteiger partial charge on any atom is -0.493 e. The predicted molar refractivity (Wildman–Crippen MR) is 168 cm³/mol. The monoisotopic (exact) mass is 681 g/mol. The van der Waals surface area contributed by atoms with E-state index >= 15 is 0 Å². The Hall–Kier alpha value is -4.97. The van der Waals surface area contributed by atoms with E-state index in [4.69, 9.17) is 21.1 Å². The number of ether oxygens (including phenoxy) is 2. The van der Waals surface area contributed by atoms with Crippen molar-refractivity contribution in [2.24, 2.45) is 0 Å². The smallest absolute Gasteiger partial charge is 0.398 e. The van der Waals surface area contributed by atoms with Gasteiger partial charge < -0.3 is 14.8 Å². The highest BCUT2D eigenvalue weighted by Crippen LogP contribution is 2.39. The number of hydrogen-bond acceptors (Lipinski definition) is 6. The van der Waals surface area contributed by atoms with Gasteiger partial charge in [0.25, 0.3) is 17.7 Å². The summed E-state index contributed by atoms with van der Waals surface area (Å²) in [5.74, 6) is -4.36. The zero-order valence-corrected chi connectivity index (χ0v) is 26.4. The number of benzene rings is 3. The molecule has 1 aromatic heterocycles. The molecule has 0 saturated heterocycles. The number of carbonyl (C=O) groups is 3. The maximum Gasteiger partial charge on any atom is 0.398 e. The number of alkyl halides is 3. The summed E-state index contributed by atoms with van der Waals surface area (Å²) in [5.41, 5.74) is 0.252. The lowest BCUT2D eigenvalue weighted by atomic mass is 9.97. The molecule has 248 valence electrons. The number of nitrogens with one attached hydrogen (secondary N) is 1. The number of amides is 3. The SMILES string of the molecule is COc1cc(C(=O)NCC(c2cc(C(C)N3C(=O)c4ccccc4C3=O)cc(-c3ccc(F)c(Cl)c3)n2)C(F)(F)F)ccc1OC1CC1. The second-order valence-corrected chi connectivity index (χ2v) is 11.9. The summed E-state index contributed by atoms with van der Waals surface area (Å²) in [7, 11) is 1.39. The van der Waals surface area contributed by atoms with Gasteiger partial charge in [-0.15, -0.1) is 0 Å². The Kier molecular flexibility index (Phi) is 8.86. The van der Waals surface area contributed by atoms with Crippen molar-refractivity contribution in [1.29, 1.82) is 0 Å². The van der Waals surface area contributed by atoms with Gasteiger partial charge in [0, 0.05) is 17.7 Å². The van der Waals surface area contributed by atoms with Gasteiger partial charge in [-0.3, -0.25) is 24.3 Å². The molecular weight excluding hydrogens is 654 g/mol. The van der Waals surface area contributed by atoms with Crippen molar-refractivity contribution in [3.8, 4) is 22.8 Å². The first-order valence-electron chi connectivity index (χ1n) is 15.0. The van der Waals surface area contributed by atoms with Crippen molar-refractivity contribution in [3.63, 3.8) is 0 Å². The first kappa shape index (κ1) is 33.0. The van der Waals surface area contributed by atoms with Gasteiger partial charge in [-0.25, -0.2) is 4.39 Å². The van der Waals surface area contributed by atoms with Crippen molar-refractivity contribution in [2.45, 2.75) is 44.0 Å². The molecule has 0 radical (unpaired) electrons. The Morgan fingerprint density at radius 2 is 1.69 bits per heavy atom. The van der Waals surface area contributed by atoms with Crippen LogP contribution < -0.4 is 14.8 Å². The van der Waals surface area contributed by atoms with E-state index in [2.05, 4.69) is 10.3 Å². The molecule has 2 aliphatic rings. The van der Waals surface area contributed by atoms with Crippen LogP contribution in [0.1, 0.15) is 74.1 Å². The molecule has 3 amide bonds. The van der Waals surface area contributed by atoms with Crippen LogP contribution in [0.2, 0.25) is 5.02 Å². The number of aromatic nitrogens is 1. The van der Waals surface area contributed by atoms with Crippen LogP contribution in [0.5, 0.6) is 11.5 Å². The molecule has 1 saturated carbocycles. The third-order valence-corrected chi connectivity index (χ3v) is 8.53. The van der Waals surface area contributed by atoms with Crippen LogP contribution >= 0.6 is 11.6 Å². The molecule has 1 aliphatic heterocycles. The lowest BCUT2D eigenvalue weighted by molar-refractivity contribution is -0.149. The first-order valence-corrected chi connectivity index (χ1v) is 15.4. The summed E-state index contributed by atoms with van der Waals surface area (Å²) in [5, 5.41) is 2.07. The summed E-state index contributed by atoms with van der Waals surface area (Å²) >= 11 is 5.99. The van der Waals surface area contributed by atoms with E-state index < -0.39 is 53.9 Å². The van der Waals surface area contributed by atoms with Crippen LogP contribution in [0.4, 0.5) is 17.6 Å².